The van der Waals surface area contributed by atoms with E-state index in [0.29, 0.717) is 22.0 Å². The van der Waals surface area contributed by atoms with Crippen LogP contribution in [0.4, 0.5) is 4.39 Å². The molecule has 1 saturated carbocycles. The van der Waals surface area contributed by atoms with Gasteiger partial charge in [-0.25, -0.2) is 4.39 Å². The second kappa shape index (κ2) is 9.79. The number of nitrogens with one attached hydrogen (secondary N) is 1. The number of aryl methyl sites for hydroxylation is 1. The second-order valence-electron chi connectivity index (χ2n) is 9.59. The molecule has 1 fully saturated rings. The second-order valence-corrected chi connectivity index (χ2v) is 10.7. The Morgan fingerprint density at radius 3 is 2.28 bits per heavy atom. The molecule has 1 N–H and O–H groups in total. The molecule has 0 radical (unpaired) electrons. The van der Waals surface area contributed by atoms with Gasteiger partial charge in [0.25, 0.3) is 5.91 Å². The molecule has 0 aromatic heterocycles. The SMILES string of the molecule is Cc1cc(C(C=S)CC(C)(c2cc(Cl)cc(Cl)c2)C(C)(C)F)ccc1C(=O)NC1CCC1. The Morgan fingerprint density at radius 2 is 1.81 bits per heavy atom. The monoisotopic (exact) mass is 493 g/mol. The molecule has 2 atom stereocenters. The molecule has 6 heteroatoms. The topological polar surface area (TPSA) is 29.1 Å². The van der Waals surface area contributed by atoms with E-state index in [2.05, 4.69) is 5.32 Å². The fraction of sp³-hybridized carbons (Fsp3) is 0.462. The average Bonchev–Trinajstić information content (AvgIpc) is 2.66. The molecular weight excluding hydrogens is 464 g/mol. The van der Waals surface area contributed by atoms with Crippen molar-refractivity contribution in [3.63, 3.8) is 0 Å². The van der Waals surface area contributed by atoms with Crippen molar-refractivity contribution >= 4 is 46.7 Å². The maximum absolute atomic E-state index is 15.6. The minimum atomic E-state index is -1.56. The van der Waals surface area contributed by atoms with Gasteiger partial charge in [0.05, 0.1) is 0 Å². The Labute approximate surface area is 205 Å². The molecule has 0 heterocycles. The maximum Gasteiger partial charge on any atom is 0.251 e. The zero-order valence-corrected chi connectivity index (χ0v) is 21.3. The number of hydrogen-bond donors (Lipinski definition) is 1. The van der Waals surface area contributed by atoms with Gasteiger partial charge in [-0.05, 0) is 92.8 Å². The number of hydrogen-bond acceptors (Lipinski definition) is 2. The van der Waals surface area contributed by atoms with Crippen molar-refractivity contribution in [2.75, 3.05) is 0 Å². The van der Waals surface area contributed by atoms with Gasteiger partial charge in [0.15, 0.2) is 0 Å². The van der Waals surface area contributed by atoms with Crippen LogP contribution < -0.4 is 5.32 Å². The number of rotatable bonds is 8. The quantitative estimate of drug-likeness (QED) is 0.380. The Balaban J connectivity index is 1.91. The van der Waals surface area contributed by atoms with E-state index in [1.165, 1.54) is 6.42 Å². The lowest BCUT2D eigenvalue weighted by atomic mass is 9.66. The first-order valence-electron chi connectivity index (χ1n) is 11.0. The lowest BCUT2D eigenvalue weighted by Gasteiger charge is -2.41. The Kier molecular flexibility index (Phi) is 7.69. The van der Waals surface area contributed by atoms with E-state index in [1.54, 1.807) is 37.4 Å². The molecular formula is C26H30Cl2FNOS. The normalized spacial score (nSPS) is 17.2. The maximum atomic E-state index is 15.6. The first kappa shape index (κ1) is 25.1. The predicted octanol–water partition coefficient (Wildman–Crippen LogP) is 7.76. The van der Waals surface area contributed by atoms with Crippen LogP contribution in [0.2, 0.25) is 10.0 Å². The van der Waals surface area contributed by atoms with E-state index in [4.69, 9.17) is 35.4 Å². The predicted molar refractivity (Wildman–Crippen MR) is 136 cm³/mol. The fourth-order valence-electron chi connectivity index (χ4n) is 4.25. The summed E-state index contributed by atoms with van der Waals surface area (Å²) < 4.78 is 15.6. The highest BCUT2D eigenvalue weighted by Crippen LogP contribution is 2.46. The summed E-state index contributed by atoms with van der Waals surface area (Å²) in [6.07, 6.45) is 3.69. The number of benzene rings is 2. The Bertz CT molecular complexity index is 995. The van der Waals surface area contributed by atoms with Crippen molar-refractivity contribution in [2.45, 2.75) is 76.4 Å². The number of carbonyl (C=O) groups is 1. The van der Waals surface area contributed by atoms with Crippen LogP contribution in [0, 0.1) is 6.92 Å². The lowest BCUT2D eigenvalue weighted by molar-refractivity contribution is 0.0916. The number of thiocarbonyl (C=S) groups is 1. The summed E-state index contributed by atoms with van der Waals surface area (Å²) in [6, 6.07) is 11.2. The molecule has 172 valence electrons. The van der Waals surface area contributed by atoms with Gasteiger partial charge < -0.3 is 5.32 Å². The van der Waals surface area contributed by atoms with Crippen molar-refractivity contribution in [1.29, 1.82) is 0 Å². The van der Waals surface area contributed by atoms with Gasteiger partial charge in [-0.1, -0.05) is 54.5 Å². The Hall–Kier alpha value is -1.49. The first-order valence-corrected chi connectivity index (χ1v) is 12.2. The Morgan fingerprint density at radius 1 is 1.19 bits per heavy atom. The van der Waals surface area contributed by atoms with Crippen molar-refractivity contribution in [3.05, 3.63) is 68.7 Å². The number of amides is 1. The van der Waals surface area contributed by atoms with Crippen LogP contribution in [0.3, 0.4) is 0 Å². The van der Waals surface area contributed by atoms with Crippen LogP contribution in [0.25, 0.3) is 0 Å². The summed E-state index contributed by atoms with van der Waals surface area (Å²) >= 11 is 17.9. The molecule has 0 bridgehead atoms. The third-order valence-corrected chi connectivity index (χ3v) is 7.73. The van der Waals surface area contributed by atoms with Gasteiger partial charge in [-0.3, -0.25) is 4.79 Å². The summed E-state index contributed by atoms with van der Waals surface area (Å²) in [7, 11) is 0. The van der Waals surface area contributed by atoms with Gasteiger partial charge in [-0.15, -0.1) is 0 Å². The molecule has 2 nitrogen and oxygen atoms in total. The molecule has 1 amide bonds. The smallest absolute Gasteiger partial charge is 0.251 e. The summed E-state index contributed by atoms with van der Waals surface area (Å²) in [6.45, 7) is 6.95. The van der Waals surface area contributed by atoms with Crippen molar-refractivity contribution in [3.8, 4) is 0 Å². The highest BCUT2D eigenvalue weighted by Gasteiger charge is 2.44. The molecule has 0 aliphatic heterocycles. The number of alkyl halides is 1. The van der Waals surface area contributed by atoms with Gasteiger partial charge in [0.1, 0.15) is 5.67 Å². The van der Waals surface area contributed by atoms with Gasteiger partial charge in [0, 0.05) is 33.0 Å². The van der Waals surface area contributed by atoms with Crippen LogP contribution >= 0.6 is 35.4 Å². The van der Waals surface area contributed by atoms with Crippen LogP contribution in [-0.4, -0.2) is 23.0 Å². The molecule has 0 saturated heterocycles. The first-order chi connectivity index (χ1) is 14.9. The van der Waals surface area contributed by atoms with Gasteiger partial charge in [-0.2, -0.15) is 0 Å². The molecule has 32 heavy (non-hydrogen) atoms. The van der Waals surface area contributed by atoms with Crippen molar-refractivity contribution in [1.82, 2.24) is 5.32 Å². The third-order valence-electron chi connectivity index (χ3n) is 6.97. The lowest BCUT2D eigenvalue weighted by Crippen LogP contribution is -2.43. The summed E-state index contributed by atoms with van der Waals surface area (Å²) in [5.41, 5.74) is 0.788. The summed E-state index contributed by atoms with van der Waals surface area (Å²) in [5.74, 6) is -0.230. The minimum absolute atomic E-state index is 0.0408. The number of carbonyl (C=O) groups excluding carboxylic acids is 1. The van der Waals surface area contributed by atoms with Crippen molar-refractivity contribution < 1.29 is 9.18 Å². The highest BCUT2D eigenvalue weighted by atomic mass is 35.5. The molecule has 2 aromatic rings. The highest BCUT2D eigenvalue weighted by molar-refractivity contribution is 7.79. The molecule has 0 spiro atoms. The van der Waals surface area contributed by atoms with E-state index in [1.807, 2.05) is 32.0 Å². The molecule has 3 rings (SSSR count). The fourth-order valence-corrected chi connectivity index (χ4v) is 5.03. The van der Waals surface area contributed by atoms with Gasteiger partial charge in [0.2, 0.25) is 0 Å². The van der Waals surface area contributed by atoms with Crippen LogP contribution in [-0.2, 0) is 5.41 Å². The van der Waals surface area contributed by atoms with E-state index in [-0.39, 0.29) is 17.9 Å². The minimum Gasteiger partial charge on any atom is -0.349 e. The van der Waals surface area contributed by atoms with E-state index < -0.39 is 11.1 Å². The molecule has 2 unspecified atom stereocenters. The summed E-state index contributed by atoms with van der Waals surface area (Å²) in [5, 5.41) is 5.71. The van der Waals surface area contributed by atoms with E-state index in [0.717, 1.165) is 29.5 Å². The largest absolute Gasteiger partial charge is 0.349 e. The molecule has 1 aliphatic carbocycles. The standard InChI is InChI=1S/C26H30Cl2FNOS/c1-16-10-17(8-9-23(16)24(31)30-22-6-5-7-22)18(15-32)14-26(4,25(2,3)29)19-11-20(27)13-21(28)12-19/h8-13,15,18,22H,5-7,14H2,1-4H3,(H,30,31). The van der Waals surface area contributed by atoms with Crippen LogP contribution in [0.1, 0.15) is 79.4 Å². The average molecular weight is 495 g/mol. The van der Waals surface area contributed by atoms with Crippen LogP contribution in [0.15, 0.2) is 36.4 Å². The van der Waals surface area contributed by atoms with Crippen LogP contribution in [0.5, 0.6) is 0 Å². The molecule has 1 aliphatic rings. The van der Waals surface area contributed by atoms with Crippen molar-refractivity contribution in [2.24, 2.45) is 0 Å². The zero-order chi connectivity index (χ0) is 23.7. The molecule has 2 aromatic carbocycles. The van der Waals surface area contributed by atoms with E-state index >= 15 is 4.39 Å². The van der Waals surface area contributed by atoms with Gasteiger partial charge >= 0.3 is 0 Å². The number of halogens is 3. The summed E-state index contributed by atoms with van der Waals surface area (Å²) in [4.78, 5) is 12.6. The third kappa shape index (κ3) is 5.35. The zero-order valence-electron chi connectivity index (χ0n) is 19.0. The van der Waals surface area contributed by atoms with E-state index in [9.17, 15) is 4.79 Å².